The fraction of sp³-hybridized carbons (Fsp3) is 0.0909. The van der Waals surface area contributed by atoms with Crippen molar-refractivity contribution in [1.29, 1.82) is 10.5 Å². The summed E-state index contributed by atoms with van der Waals surface area (Å²) in [6.45, 7) is 0. The van der Waals surface area contributed by atoms with Crippen molar-refractivity contribution in [2.75, 3.05) is 7.11 Å². The smallest absolute Gasteiger partial charge is 0.165 e. The Kier molecular flexibility index (Phi) is 3.43. The zero-order valence-corrected chi connectivity index (χ0v) is 7.99. The first-order valence-corrected chi connectivity index (χ1v) is 4.06. The lowest BCUT2D eigenvalue weighted by atomic mass is 10.1. The maximum Gasteiger partial charge on any atom is 0.165 e. The Hall–Kier alpha value is -2.33. The number of allylic oxidation sites excluding steroid dienone is 1. The lowest BCUT2D eigenvalue weighted by Gasteiger charge is -2.01. The van der Waals surface area contributed by atoms with E-state index >= 15 is 0 Å². The highest BCUT2D eigenvalue weighted by molar-refractivity contribution is 5.62. The van der Waals surface area contributed by atoms with Gasteiger partial charge in [-0.15, -0.1) is 0 Å². The van der Waals surface area contributed by atoms with Crippen molar-refractivity contribution in [2.24, 2.45) is 0 Å². The molecule has 1 aromatic carbocycles. The van der Waals surface area contributed by atoms with Crippen LogP contribution < -0.4 is 4.74 Å². The van der Waals surface area contributed by atoms with Crippen molar-refractivity contribution in [1.82, 2.24) is 0 Å². The number of ether oxygens (including phenoxy) is 1. The molecule has 0 atom stereocenters. The average molecular weight is 202 g/mol. The van der Waals surface area contributed by atoms with Gasteiger partial charge in [0.05, 0.1) is 7.11 Å². The van der Waals surface area contributed by atoms with Crippen LogP contribution in [0.4, 0.5) is 4.39 Å². The van der Waals surface area contributed by atoms with E-state index in [1.807, 2.05) is 0 Å². The second-order valence-electron chi connectivity index (χ2n) is 2.68. The molecule has 0 N–H and O–H groups in total. The van der Waals surface area contributed by atoms with E-state index in [0.29, 0.717) is 5.56 Å². The average Bonchev–Trinajstić information content (AvgIpc) is 2.28. The van der Waals surface area contributed by atoms with Gasteiger partial charge in [-0.2, -0.15) is 10.5 Å². The number of hydrogen-bond acceptors (Lipinski definition) is 3. The zero-order valence-electron chi connectivity index (χ0n) is 7.99. The Bertz CT molecular complexity index is 464. The molecule has 0 aliphatic rings. The fourth-order valence-corrected chi connectivity index (χ4v) is 1.02. The van der Waals surface area contributed by atoms with E-state index in [0.717, 1.165) is 0 Å². The van der Waals surface area contributed by atoms with Gasteiger partial charge in [-0.05, 0) is 23.8 Å². The Labute approximate surface area is 86.6 Å². The third-order valence-electron chi connectivity index (χ3n) is 1.73. The van der Waals surface area contributed by atoms with E-state index in [2.05, 4.69) is 0 Å². The molecule has 3 nitrogen and oxygen atoms in total. The number of rotatable bonds is 2. The molecular weight excluding hydrogens is 195 g/mol. The lowest BCUT2D eigenvalue weighted by Crippen LogP contribution is -1.88. The minimum Gasteiger partial charge on any atom is -0.494 e. The summed E-state index contributed by atoms with van der Waals surface area (Å²) in [5.41, 5.74) is 0.509. The summed E-state index contributed by atoms with van der Waals surface area (Å²) in [5.74, 6) is -0.399. The van der Waals surface area contributed by atoms with Gasteiger partial charge in [-0.25, -0.2) is 4.39 Å². The number of nitriles is 2. The predicted octanol–water partition coefficient (Wildman–Crippen LogP) is 2.26. The van der Waals surface area contributed by atoms with Crippen molar-refractivity contribution in [3.8, 4) is 17.9 Å². The van der Waals surface area contributed by atoms with Crippen molar-refractivity contribution < 1.29 is 9.13 Å². The van der Waals surface area contributed by atoms with Crippen molar-refractivity contribution in [3.05, 3.63) is 35.2 Å². The summed E-state index contributed by atoms with van der Waals surface area (Å²) in [7, 11) is 1.35. The Morgan fingerprint density at radius 3 is 2.60 bits per heavy atom. The first kappa shape index (κ1) is 10.7. The molecule has 0 spiro atoms. The van der Waals surface area contributed by atoms with E-state index < -0.39 is 5.82 Å². The van der Waals surface area contributed by atoms with Crippen molar-refractivity contribution in [3.63, 3.8) is 0 Å². The summed E-state index contributed by atoms with van der Waals surface area (Å²) < 4.78 is 17.8. The molecule has 4 heteroatoms. The molecule has 0 radical (unpaired) electrons. The summed E-state index contributed by atoms with van der Waals surface area (Å²) in [6.07, 6.45) is 1.36. The third-order valence-corrected chi connectivity index (χ3v) is 1.73. The summed E-state index contributed by atoms with van der Waals surface area (Å²) >= 11 is 0. The molecule has 0 amide bonds. The Morgan fingerprint density at radius 2 is 2.07 bits per heavy atom. The summed E-state index contributed by atoms with van der Waals surface area (Å²) in [5, 5.41) is 17.0. The molecule has 0 bridgehead atoms. The highest BCUT2D eigenvalue weighted by atomic mass is 19.1. The highest BCUT2D eigenvalue weighted by Crippen LogP contribution is 2.19. The number of halogens is 1. The maximum atomic E-state index is 13.0. The molecule has 1 aromatic rings. The van der Waals surface area contributed by atoms with Crippen LogP contribution in [0, 0.1) is 28.5 Å². The van der Waals surface area contributed by atoms with E-state index in [4.69, 9.17) is 15.3 Å². The topological polar surface area (TPSA) is 56.8 Å². The molecular formula is C11H7FN2O. The summed E-state index contributed by atoms with van der Waals surface area (Å²) in [4.78, 5) is 0. The fourth-order valence-electron chi connectivity index (χ4n) is 1.02. The first-order chi connectivity index (χ1) is 7.21. The van der Waals surface area contributed by atoms with Crippen LogP contribution in [-0.4, -0.2) is 7.11 Å². The minimum atomic E-state index is -0.481. The van der Waals surface area contributed by atoms with Crippen LogP contribution in [0.5, 0.6) is 5.75 Å². The quantitative estimate of drug-likeness (QED) is 0.691. The van der Waals surface area contributed by atoms with E-state index in [-0.39, 0.29) is 11.3 Å². The van der Waals surface area contributed by atoms with Crippen LogP contribution in [0.1, 0.15) is 5.56 Å². The molecule has 1 rings (SSSR count). The standard InChI is InChI=1S/C11H7FN2O/c1-15-11-5-8(2-3-10(11)12)4-9(6-13)7-14/h2-5H,1H3. The molecule has 74 valence electrons. The number of benzene rings is 1. The molecule has 0 aromatic heterocycles. The lowest BCUT2D eigenvalue weighted by molar-refractivity contribution is 0.386. The van der Waals surface area contributed by atoms with Gasteiger partial charge in [0.15, 0.2) is 11.6 Å². The van der Waals surface area contributed by atoms with E-state index in [1.54, 1.807) is 12.1 Å². The number of methoxy groups -OCH3 is 1. The second-order valence-corrected chi connectivity index (χ2v) is 2.68. The van der Waals surface area contributed by atoms with Crippen LogP contribution in [0.15, 0.2) is 23.8 Å². The SMILES string of the molecule is COc1cc(C=C(C#N)C#N)ccc1F. The van der Waals surface area contributed by atoms with Crippen molar-refractivity contribution >= 4 is 6.08 Å². The van der Waals surface area contributed by atoms with Crippen LogP contribution >= 0.6 is 0 Å². The van der Waals surface area contributed by atoms with Crippen LogP contribution in [0.3, 0.4) is 0 Å². The largest absolute Gasteiger partial charge is 0.494 e. The minimum absolute atomic E-state index is 0.0383. The van der Waals surface area contributed by atoms with Gasteiger partial charge in [0.25, 0.3) is 0 Å². The molecule has 0 unspecified atom stereocenters. The van der Waals surface area contributed by atoms with Gasteiger partial charge in [-0.1, -0.05) is 6.07 Å². The van der Waals surface area contributed by atoms with Gasteiger partial charge in [0, 0.05) is 0 Å². The van der Waals surface area contributed by atoms with Crippen LogP contribution in [0.2, 0.25) is 0 Å². The van der Waals surface area contributed by atoms with Crippen LogP contribution in [0.25, 0.3) is 6.08 Å². The van der Waals surface area contributed by atoms with Gasteiger partial charge in [0.1, 0.15) is 17.7 Å². The van der Waals surface area contributed by atoms with Gasteiger partial charge in [-0.3, -0.25) is 0 Å². The maximum absolute atomic E-state index is 13.0. The van der Waals surface area contributed by atoms with Crippen molar-refractivity contribution in [2.45, 2.75) is 0 Å². The zero-order chi connectivity index (χ0) is 11.3. The molecule has 0 saturated heterocycles. The predicted molar refractivity (Wildman–Crippen MR) is 52.2 cm³/mol. The van der Waals surface area contributed by atoms with E-state index in [1.165, 1.54) is 31.4 Å². The highest BCUT2D eigenvalue weighted by Gasteiger charge is 2.02. The van der Waals surface area contributed by atoms with E-state index in [9.17, 15) is 4.39 Å². The number of nitrogens with zero attached hydrogens (tertiary/aromatic N) is 2. The molecule has 0 fully saturated rings. The van der Waals surface area contributed by atoms with Gasteiger partial charge < -0.3 is 4.74 Å². The molecule has 0 aliphatic heterocycles. The Balaban J connectivity index is 3.14. The normalized spacial score (nSPS) is 8.53. The molecule has 15 heavy (non-hydrogen) atoms. The molecule has 0 aliphatic carbocycles. The second kappa shape index (κ2) is 4.78. The summed E-state index contributed by atoms with van der Waals surface area (Å²) in [6, 6.07) is 7.54. The molecule has 0 heterocycles. The Morgan fingerprint density at radius 1 is 1.40 bits per heavy atom. The third kappa shape index (κ3) is 2.55. The first-order valence-electron chi connectivity index (χ1n) is 4.06. The molecule has 0 saturated carbocycles. The van der Waals surface area contributed by atoms with Crippen LogP contribution in [-0.2, 0) is 0 Å². The monoisotopic (exact) mass is 202 g/mol. The number of hydrogen-bond donors (Lipinski definition) is 0. The van der Waals surface area contributed by atoms with Gasteiger partial charge >= 0.3 is 0 Å². The van der Waals surface area contributed by atoms with Gasteiger partial charge in [0.2, 0.25) is 0 Å².